The molecule has 4 N–H and O–H groups in total. The number of hydrogen-bond acceptors (Lipinski definition) is 4. The normalized spacial score (nSPS) is 24.2. The van der Waals surface area contributed by atoms with E-state index in [-0.39, 0.29) is 12.1 Å². The summed E-state index contributed by atoms with van der Waals surface area (Å²) in [5.41, 5.74) is -0.537. The second kappa shape index (κ2) is 5.90. The molecule has 0 unspecified atom stereocenters. The van der Waals surface area contributed by atoms with Gasteiger partial charge in [0.1, 0.15) is 5.60 Å². The molecule has 18 heavy (non-hydrogen) atoms. The maximum absolute atomic E-state index is 11.6. The van der Waals surface area contributed by atoms with Crippen LogP contribution >= 0.6 is 0 Å². The van der Waals surface area contributed by atoms with Crippen LogP contribution in [0.2, 0.25) is 0 Å². The Balaban J connectivity index is 2.38. The molecule has 1 aliphatic heterocycles. The molecule has 0 radical (unpaired) electrons. The van der Waals surface area contributed by atoms with E-state index in [9.17, 15) is 9.59 Å². The number of carbonyl (C=O) groups excluding carboxylic acids is 1. The molecule has 1 rings (SSSR count). The Labute approximate surface area is 106 Å². The van der Waals surface area contributed by atoms with Gasteiger partial charge in [-0.2, -0.15) is 0 Å². The molecule has 0 aliphatic carbocycles. The van der Waals surface area contributed by atoms with E-state index in [1.54, 1.807) is 20.8 Å². The van der Waals surface area contributed by atoms with Crippen LogP contribution in [-0.4, -0.2) is 48.1 Å². The lowest BCUT2D eigenvalue weighted by atomic mass is 10.0. The highest BCUT2D eigenvalue weighted by atomic mass is 16.6. The second-order valence-corrected chi connectivity index (χ2v) is 5.38. The Morgan fingerprint density at radius 3 is 2.28 bits per heavy atom. The van der Waals surface area contributed by atoms with Crippen LogP contribution in [0.15, 0.2) is 0 Å². The van der Waals surface area contributed by atoms with E-state index in [1.807, 2.05) is 0 Å². The molecule has 0 spiro atoms. The van der Waals surface area contributed by atoms with Gasteiger partial charge in [-0.05, 0) is 27.2 Å². The zero-order valence-corrected chi connectivity index (χ0v) is 10.9. The van der Waals surface area contributed by atoms with E-state index >= 15 is 0 Å². The standard InChI is InChI=1S/C11H21N3O4/c1-11(2,3)18-10(17)14-8-4-7(5-12-6-8)13-9(15)16/h7-8,12-13H,4-6H2,1-3H3,(H,14,17)(H,15,16)/t7-,8+/m0/s1. The molecule has 0 aromatic rings. The zero-order valence-electron chi connectivity index (χ0n) is 10.9. The summed E-state index contributed by atoms with van der Waals surface area (Å²) in [5.74, 6) is 0. The Morgan fingerprint density at radius 1 is 1.22 bits per heavy atom. The molecule has 1 saturated heterocycles. The van der Waals surface area contributed by atoms with Crippen molar-refractivity contribution >= 4 is 12.2 Å². The molecular weight excluding hydrogens is 238 g/mol. The first kappa shape index (κ1) is 14.6. The summed E-state index contributed by atoms with van der Waals surface area (Å²) < 4.78 is 5.14. The molecule has 0 bridgehead atoms. The minimum absolute atomic E-state index is 0.134. The topological polar surface area (TPSA) is 99.7 Å². The summed E-state index contributed by atoms with van der Waals surface area (Å²) in [7, 11) is 0. The van der Waals surface area contributed by atoms with E-state index < -0.39 is 17.8 Å². The van der Waals surface area contributed by atoms with Crippen molar-refractivity contribution in [1.29, 1.82) is 0 Å². The predicted molar refractivity (Wildman–Crippen MR) is 65.6 cm³/mol. The predicted octanol–water partition coefficient (Wildman–Crippen LogP) is 0.509. The maximum Gasteiger partial charge on any atom is 0.407 e. The van der Waals surface area contributed by atoms with E-state index in [1.165, 1.54) is 0 Å². The molecule has 1 fully saturated rings. The highest BCUT2D eigenvalue weighted by Gasteiger charge is 2.25. The smallest absolute Gasteiger partial charge is 0.407 e. The van der Waals surface area contributed by atoms with E-state index in [4.69, 9.17) is 9.84 Å². The molecular formula is C11H21N3O4. The lowest BCUT2D eigenvalue weighted by molar-refractivity contribution is 0.0493. The van der Waals surface area contributed by atoms with Crippen molar-refractivity contribution in [3.8, 4) is 0 Å². The number of rotatable bonds is 2. The summed E-state index contributed by atoms with van der Waals surface area (Å²) in [6.07, 6.45) is -0.983. The fraction of sp³-hybridized carbons (Fsp3) is 0.818. The fourth-order valence-electron chi connectivity index (χ4n) is 1.81. The van der Waals surface area contributed by atoms with Crippen LogP contribution < -0.4 is 16.0 Å². The van der Waals surface area contributed by atoms with Crippen LogP contribution in [0.25, 0.3) is 0 Å². The first-order chi connectivity index (χ1) is 8.26. The van der Waals surface area contributed by atoms with E-state index in [0.29, 0.717) is 19.5 Å². The molecule has 1 aliphatic rings. The van der Waals surface area contributed by atoms with Gasteiger partial charge >= 0.3 is 12.2 Å². The number of alkyl carbamates (subject to hydrolysis) is 1. The minimum atomic E-state index is -1.06. The van der Waals surface area contributed by atoms with Crippen molar-refractivity contribution in [2.24, 2.45) is 0 Å². The van der Waals surface area contributed by atoms with Crippen LogP contribution in [-0.2, 0) is 4.74 Å². The third kappa shape index (κ3) is 5.72. The number of hydrogen-bond donors (Lipinski definition) is 4. The lowest BCUT2D eigenvalue weighted by Gasteiger charge is -2.31. The van der Waals surface area contributed by atoms with Crippen LogP contribution in [0.3, 0.4) is 0 Å². The van der Waals surface area contributed by atoms with Gasteiger partial charge in [0.25, 0.3) is 0 Å². The summed E-state index contributed by atoms with van der Waals surface area (Å²) >= 11 is 0. The second-order valence-electron chi connectivity index (χ2n) is 5.38. The average molecular weight is 259 g/mol. The van der Waals surface area contributed by atoms with Crippen molar-refractivity contribution in [3.63, 3.8) is 0 Å². The van der Waals surface area contributed by atoms with Crippen molar-refractivity contribution < 1.29 is 19.4 Å². The van der Waals surface area contributed by atoms with Crippen LogP contribution in [0.5, 0.6) is 0 Å². The number of amides is 2. The summed E-state index contributed by atoms with van der Waals surface area (Å²) in [5, 5.41) is 16.8. The number of nitrogens with one attached hydrogen (secondary N) is 3. The third-order valence-corrected chi connectivity index (χ3v) is 2.40. The molecule has 2 amide bonds. The van der Waals surface area contributed by atoms with Gasteiger partial charge in [-0.15, -0.1) is 0 Å². The first-order valence-electron chi connectivity index (χ1n) is 5.96. The Kier molecular flexibility index (Phi) is 4.77. The number of ether oxygens (including phenoxy) is 1. The maximum atomic E-state index is 11.6. The van der Waals surface area contributed by atoms with Gasteiger partial charge in [0.05, 0.1) is 0 Å². The molecule has 0 aromatic carbocycles. The van der Waals surface area contributed by atoms with E-state index in [0.717, 1.165) is 0 Å². The van der Waals surface area contributed by atoms with Gasteiger partial charge in [0, 0.05) is 25.2 Å². The average Bonchev–Trinajstić information content (AvgIpc) is 2.13. The number of carboxylic acid groups (broad SMARTS) is 1. The van der Waals surface area contributed by atoms with Crippen LogP contribution in [0.1, 0.15) is 27.2 Å². The SMILES string of the molecule is CC(C)(C)OC(=O)N[C@H]1CNC[C@@H](NC(=O)O)C1. The molecule has 0 aromatic heterocycles. The Hall–Kier alpha value is -1.50. The van der Waals surface area contributed by atoms with Crippen molar-refractivity contribution in [2.45, 2.75) is 44.9 Å². The minimum Gasteiger partial charge on any atom is -0.465 e. The number of carbonyl (C=O) groups is 2. The van der Waals surface area contributed by atoms with Crippen molar-refractivity contribution in [1.82, 2.24) is 16.0 Å². The monoisotopic (exact) mass is 259 g/mol. The van der Waals surface area contributed by atoms with E-state index in [2.05, 4.69) is 16.0 Å². The molecule has 7 heteroatoms. The third-order valence-electron chi connectivity index (χ3n) is 2.40. The highest BCUT2D eigenvalue weighted by molar-refractivity contribution is 5.68. The van der Waals surface area contributed by atoms with Crippen molar-refractivity contribution in [3.05, 3.63) is 0 Å². The quantitative estimate of drug-likeness (QED) is 0.579. The molecule has 1 heterocycles. The highest BCUT2D eigenvalue weighted by Crippen LogP contribution is 2.08. The molecule has 2 atom stereocenters. The molecule has 0 saturated carbocycles. The largest absolute Gasteiger partial charge is 0.465 e. The van der Waals surface area contributed by atoms with Gasteiger partial charge in [-0.1, -0.05) is 0 Å². The van der Waals surface area contributed by atoms with Gasteiger partial charge in [0.2, 0.25) is 0 Å². The Bertz CT molecular complexity index is 314. The fourth-order valence-corrected chi connectivity index (χ4v) is 1.81. The van der Waals surface area contributed by atoms with Gasteiger partial charge in [-0.25, -0.2) is 9.59 Å². The van der Waals surface area contributed by atoms with Crippen LogP contribution in [0, 0.1) is 0 Å². The molecule has 104 valence electrons. The first-order valence-corrected chi connectivity index (χ1v) is 5.96. The zero-order chi connectivity index (χ0) is 13.8. The van der Waals surface area contributed by atoms with Gasteiger partial charge < -0.3 is 25.8 Å². The molecule has 7 nitrogen and oxygen atoms in total. The van der Waals surface area contributed by atoms with Crippen molar-refractivity contribution in [2.75, 3.05) is 13.1 Å². The Morgan fingerprint density at radius 2 is 1.78 bits per heavy atom. The van der Waals surface area contributed by atoms with Gasteiger partial charge in [-0.3, -0.25) is 0 Å². The van der Waals surface area contributed by atoms with Gasteiger partial charge in [0.15, 0.2) is 0 Å². The summed E-state index contributed by atoms with van der Waals surface area (Å²) in [4.78, 5) is 22.1. The number of piperidine rings is 1. The summed E-state index contributed by atoms with van der Waals surface area (Å²) in [6, 6.07) is -0.332. The lowest BCUT2D eigenvalue weighted by Crippen LogP contribution is -2.55. The summed E-state index contributed by atoms with van der Waals surface area (Å²) in [6.45, 7) is 6.55. The van der Waals surface area contributed by atoms with Crippen LogP contribution in [0.4, 0.5) is 9.59 Å².